The summed E-state index contributed by atoms with van der Waals surface area (Å²) >= 11 is 4.93. The van der Waals surface area contributed by atoms with E-state index < -0.39 is 72.3 Å². The standard InChI is InChI=1S/C22H39N5O8S/c1-5-11(2)17(22(34)35)26-21(33)18(12(3)28)27-20(32)15(8-6-7-9-24-13(4)36)25-19(31)14(23)10-16(29)30/h11-12,14-15,17-18,28H,5-10,23H2,1-4H3,(H,24,36)(H,25,31)(H,26,33)(H,27,32)(H,29,30)(H,34,35)/t11-,12+,14-,15-,17-,18-/m0/s1. The van der Waals surface area contributed by atoms with Crippen LogP contribution >= 0.6 is 12.2 Å². The van der Waals surface area contributed by atoms with Gasteiger partial charge in [-0.2, -0.15) is 0 Å². The molecule has 6 atom stereocenters. The zero-order valence-electron chi connectivity index (χ0n) is 21.1. The van der Waals surface area contributed by atoms with E-state index in [9.17, 15) is 34.2 Å². The maximum absolute atomic E-state index is 13.0. The molecule has 36 heavy (non-hydrogen) atoms. The van der Waals surface area contributed by atoms with Crippen LogP contribution in [0.4, 0.5) is 0 Å². The molecular weight excluding hydrogens is 494 g/mol. The molecule has 0 fully saturated rings. The van der Waals surface area contributed by atoms with E-state index in [1.54, 1.807) is 20.8 Å². The molecule has 9 N–H and O–H groups in total. The van der Waals surface area contributed by atoms with E-state index in [1.165, 1.54) is 6.92 Å². The summed E-state index contributed by atoms with van der Waals surface area (Å²) in [5.41, 5.74) is 5.59. The van der Waals surface area contributed by atoms with Gasteiger partial charge in [-0.25, -0.2) is 4.79 Å². The number of carboxylic acids is 2. The van der Waals surface area contributed by atoms with E-state index >= 15 is 0 Å². The second kappa shape index (κ2) is 16.8. The number of unbranched alkanes of at least 4 members (excludes halogenated alkanes) is 1. The van der Waals surface area contributed by atoms with Crippen molar-refractivity contribution < 1.29 is 39.3 Å². The van der Waals surface area contributed by atoms with Crippen LogP contribution in [0.15, 0.2) is 0 Å². The maximum Gasteiger partial charge on any atom is 0.326 e. The van der Waals surface area contributed by atoms with Gasteiger partial charge in [0.25, 0.3) is 0 Å². The maximum atomic E-state index is 13.0. The van der Waals surface area contributed by atoms with Crippen molar-refractivity contribution in [1.82, 2.24) is 21.3 Å². The molecule has 206 valence electrons. The molecule has 14 heteroatoms. The Labute approximate surface area is 215 Å². The van der Waals surface area contributed by atoms with Crippen molar-refractivity contribution in [3.05, 3.63) is 0 Å². The van der Waals surface area contributed by atoms with Crippen molar-refractivity contribution in [3.8, 4) is 0 Å². The van der Waals surface area contributed by atoms with Gasteiger partial charge < -0.3 is 42.3 Å². The Morgan fingerprint density at radius 2 is 1.50 bits per heavy atom. The van der Waals surface area contributed by atoms with E-state index in [4.69, 9.17) is 23.1 Å². The first-order chi connectivity index (χ1) is 16.7. The number of carbonyl (C=O) groups excluding carboxylic acids is 3. The van der Waals surface area contributed by atoms with Gasteiger partial charge in [0.05, 0.1) is 23.6 Å². The predicted octanol–water partition coefficient (Wildman–Crippen LogP) is -1.14. The topological polar surface area (TPSA) is 220 Å². The molecule has 0 saturated carbocycles. The van der Waals surface area contributed by atoms with E-state index in [0.29, 0.717) is 30.8 Å². The van der Waals surface area contributed by atoms with Gasteiger partial charge in [-0.05, 0) is 39.0 Å². The Morgan fingerprint density at radius 3 is 1.97 bits per heavy atom. The number of aliphatic hydroxyl groups is 1. The molecule has 0 radical (unpaired) electrons. The summed E-state index contributed by atoms with van der Waals surface area (Å²) < 4.78 is 0. The lowest BCUT2D eigenvalue weighted by Crippen LogP contribution is -2.60. The molecule has 0 aliphatic heterocycles. The van der Waals surface area contributed by atoms with Crippen molar-refractivity contribution in [2.75, 3.05) is 6.54 Å². The minimum absolute atomic E-state index is 0.119. The molecule has 0 aromatic heterocycles. The van der Waals surface area contributed by atoms with Crippen LogP contribution in [0.5, 0.6) is 0 Å². The van der Waals surface area contributed by atoms with Gasteiger partial charge in [0.2, 0.25) is 17.7 Å². The Balaban J connectivity index is 5.52. The fraction of sp³-hybridized carbons (Fsp3) is 0.727. The third kappa shape index (κ3) is 12.7. The van der Waals surface area contributed by atoms with Crippen LogP contribution in [0.2, 0.25) is 0 Å². The largest absolute Gasteiger partial charge is 0.481 e. The third-order valence-corrected chi connectivity index (χ3v) is 5.64. The highest BCUT2D eigenvalue weighted by molar-refractivity contribution is 7.80. The summed E-state index contributed by atoms with van der Waals surface area (Å²) in [6.07, 6.45) is -0.420. The number of hydrogen-bond acceptors (Lipinski definition) is 8. The first-order valence-corrected chi connectivity index (χ1v) is 12.2. The molecule has 0 saturated heterocycles. The van der Waals surface area contributed by atoms with Crippen LogP contribution in [0, 0.1) is 5.92 Å². The Kier molecular flexibility index (Phi) is 15.4. The smallest absolute Gasteiger partial charge is 0.326 e. The Hall–Kier alpha value is -2.84. The predicted molar refractivity (Wildman–Crippen MR) is 135 cm³/mol. The lowest BCUT2D eigenvalue weighted by Gasteiger charge is -2.27. The number of aliphatic carboxylic acids is 2. The van der Waals surface area contributed by atoms with Crippen LogP contribution in [-0.4, -0.2) is 86.8 Å². The summed E-state index contributed by atoms with van der Waals surface area (Å²) in [6.45, 7) is 6.89. The highest BCUT2D eigenvalue weighted by Crippen LogP contribution is 2.09. The monoisotopic (exact) mass is 533 g/mol. The lowest BCUT2D eigenvalue weighted by atomic mass is 9.98. The summed E-state index contributed by atoms with van der Waals surface area (Å²) in [5.74, 6) is -5.55. The number of carbonyl (C=O) groups is 5. The van der Waals surface area contributed by atoms with Crippen molar-refractivity contribution in [2.24, 2.45) is 11.7 Å². The van der Waals surface area contributed by atoms with Crippen LogP contribution in [0.1, 0.15) is 59.8 Å². The Morgan fingerprint density at radius 1 is 0.917 bits per heavy atom. The summed E-state index contributed by atoms with van der Waals surface area (Å²) in [4.78, 5) is 61.1. The summed E-state index contributed by atoms with van der Waals surface area (Å²) in [6, 6.07) is -5.33. The molecule has 0 spiro atoms. The number of aliphatic hydroxyl groups excluding tert-OH is 1. The van der Waals surface area contributed by atoms with Crippen LogP contribution in [0.25, 0.3) is 0 Å². The molecule has 0 aromatic carbocycles. The molecule has 0 aromatic rings. The first kappa shape index (κ1) is 33.2. The first-order valence-electron chi connectivity index (χ1n) is 11.7. The van der Waals surface area contributed by atoms with E-state index in [-0.39, 0.29) is 6.42 Å². The van der Waals surface area contributed by atoms with Gasteiger partial charge in [-0.3, -0.25) is 19.2 Å². The third-order valence-electron chi connectivity index (χ3n) is 5.50. The van der Waals surface area contributed by atoms with Crippen molar-refractivity contribution >= 4 is 46.9 Å². The quantitative estimate of drug-likeness (QED) is 0.0824. The van der Waals surface area contributed by atoms with Crippen molar-refractivity contribution in [2.45, 2.75) is 90.1 Å². The van der Waals surface area contributed by atoms with E-state index in [1.807, 2.05) is 0 Å². The minimum Gasteiger partial charge on any atom is -0.481 e. The number of nitrogens with one attached hydrogen (secondary N) is 4. The molecule has 0 bridgehead atoms. The number of amides is 3. The normalized spacial score (nSPS) is 15.8. The molecular formula is C22H39N5O8S. The van der Waals surface area contributed by atoms with Gasteiger partial charge in [0.1, 0.15) is 18.1 Å². The van der Waals surface area contributed by atoms with E-state index in [0.717, 1.165) is 0 Å². The van der Waals surface area contributed by atoms with Crippen LogP contribution in [-0.2, 0) is 24.0 Å². The SMILES string of the molecule is CC[C@H](C)[C@H](NC(=O)[C@@H](NC(=O)[C@H](CCCCNC(C)=S)NC(=O)[C@@H](N)CC(=O)O)[C@@H](C)O)C(=O)O. The van der Waals surface area contributed by atoms with Crippen molar-refractivity contribution in [3.63, 3.8) is 0 Å². The molecule has 0 rings (SSSR count). The number of rotatable bonds is 17. The molecule has 0 heterocycles. The fourth-order valence-corrected chi connectivity index (χ4v) is 3.25. The number of nitrogens with two attached hydrogens (primary N) is 1. The fourth-order valence-electron chi connectivity index (χ4n) is 3.15. The molecule has 3 amide bonds. The zero-order chi connectivity index (χ0) is 28.0. The van der Waals surface area contributed by atoms with Gasteiger partial charge in [0.15, 0.2) is 0 Å². The average Bonchev–Trinajstić information content (AvgIpc) is 2.77. The number of carboxylic acid groups (broad SMARTS) is 2. The molecule has 13 nitrogen and oxygen atoms in total. The lowest BCUT2D eigenvalue weighted by molar-refractivity contribution is -0.144. The van der Waals surface area contributed by atoms with Crippen molar-refractivity contribution in [1.29, 1.82) is 0 Å². The average molecular weight is 534 g/mol. The second-order valence-electron chi connectivity index (χ2n) is 8.68. The summed E-state index contributed by atoms with van der Waals surface area (Å²) in [7, 11) is 0. The van der Waals surface area contributed by atoms with E-state index in [2.05, 4.69) is 21.3 Å². The van der Waals surface area contributed by atoms with Crippen LogP contribution in [0.3, 0.4) is 0 Å². The highest BCUT2D eigenvalue weighted by atomic mass is 32.1. The van der Waals surface area contributed by atoms with Gasteiger partial charge in [0, 0.05) is 6.54 Å². The Bertz CT molecular complexity index is 794. The summed E-state index contributed by atoms with van der Waals surface area (Å²) in [5, 5.41) is 38.4. The molecule has 0 aliphatic carbocycles. The second-order valence-corrected chi connectivity index (χ2v) is 9.29. The van der Waals surface area contributed by atoms with Gasteiger partial charge in [-0.15, -0.1) is 0 Å². The number of thiocarbonyl (C=S) groups is 1. The molecule has 0 aliphatic rings. The van der Waals surface area contributed by atoms with Crippen LogP contribution < -0.4 is 27.0 Å². The minimum atomic E-state index is -1.50. The highest BCUT2D eigenvalue weighted by Gasteiger charge is 2.34. The van der Waals surface area contributed by atoms with Gasteiger partial charge in [-0.1, -0.05) is 32.5 Å². The zero-order valence-corrected chi connectivity index (χ0v) is 21.9. The number of hydrogen-bond donors (Lipinski definition) is 8. The van der Waals surface area contributed by atoms with Gasteiger partial charge >= 0.3 is 11.9 Å². The molecule has 0 unspecified atom stereocenters.